The van der Waals surface area contributed by atoms with E-state index in [1.807, 2.05) is 7.05 Å². The Bertz CT molecular complexity index is 589. The largest absolute Gasteiger partial charge is 0.506 e. The maximum Gasteiger partial charge on any atom is 0.242 e. The number of nitrogen functional groups attached to an aromatic ring is 1. The predicted octanol–water partition coefficient (Wildman–Crippen LogP) is 0.547. The van der Waals surface area contributed by atoms with Crippen LogP contribution in [0.3, 0.4) is 0 Å². The van der Waals surface area contributed by atoms with Crippen molar-refractivity contribution in [3.05, 3.63) is 18.2 Å². The first-order valence-electron chi connectivity index (χ1n) is 6.54. The van der Waals surface area contributed by atoms with Gasteiger partial charge in [-0.2, -0.15) is 0 Å². The van der Waals surface area contributed by atoms with Crippen molar-refractivity contribution in [2.45, 2.75) is 11.3 Å². The first-order valence-corrected chi connectivity index (χ1v) is 7.98. The van der Waals surface area contributed by atoms with Crippen molar-refractivity contribution in [2.24, 2.45) is 5.92 Å². The van der Waals surface area contributed by atoms with E-state index in [9.17, 15) is 13.5 Å². The summed E-state index contributed by atoms with van der Waals surface area (Å²) in [5.41, 5.74) is 5.63. The van der Waals surface area contributed by atoms with E-state index >= 15 is 0 Å². The van der Waals surface area contributed by atoms with Crippen LogP contribution in [0.2, 0.25) is 0 Å². The number of phenolic OH excluding ortho intramolecular Hbond substituents is 1. The number of hydrogen-bond acceptors (Lipinski definition) is 5. The summed E-state index contributed by atoms with van der Waals surface area (Å²) in [6.07, 6.45) is 1.01. The number of aromatic hydroxyl groups is 1. The van der Waals surface area contributed by atoms with Crippen LogP contribution in [0.15, 0.2) is 23.1 Å². The van der Waals surface area contributed by atoms with Crippen molar-refractivity contribution in [2.75, 3.05) is 39.5 Å². The van der Waals surface area contributed by atoms with Crippen molar-refractivity contribution in [3.8, 4) is 5.75 Å². The van der Waals surface area contributed by atoms with Gasteiger partial charge in [0.1, 0.15) is 5.75 Å². The molecule has 0 spiro atoms. The second kappa shape index (κ2) is 5.59. The summed E-state index contributed by atoms with van der Waals surface area (Å²) in [5, 5.41) is 9.37. The lowest BCUT2D eigenvalue weighted by Gasteiger charge is -2.21. The Morgan fingerprint density at radius 3 is 2.75 bits per heavy atom. The van der Waals surface area contributed by atoms with Gasteiger partial charge in [0.15, 0.2) is 0 Å². The maximum atomic E-state index is 12.4. The van der Waals surface area contributed by atoms with Gasteiger partial charge in [-0.1, -0.05) is 0 Å². The quantitative estimate of drug-likeness (QED) is 0.626. The molecule has 0 aliphatic carbocycles. The molecule has 0 radical (unpaired) electrons. The van der Waals surface area contributed by atoms with E-state index in [4.69, 9.17) is 5.73 Å². The summed E-state index contributed by atoms with van der Waals surface area (Å²) >= 11 is 0. The first-order chi connectivity index (χ1) is 9.30. The van der Waals surface area contributed by atoms with Crippen LogP contribution in [0, 0.1) is 5.92 Å². The fraction of sp³-hybridized carbons (Fsp3) is 0.538. The zero-order valence-corrected chi connectivity index (χ0v) is 12.6. The predicted molar refractivity (Wildman–Crippen MR) is 77.9 cm³/mol. The molecule has 1 aliphatic rings. The van der Waals surface area contributed by atoms with E-state index in [1.165, 1.54) is 22.5 Å². The first kappa shape index (κ1) is 15.1. The number of hydrogen-bond donors (Lipinski definition) is 2. The Labute approximate surface area is 119 Å². The van der Waals surface area contributed by atoms with Crippen molar-refractivity contribution < 1.29 is 13.5 Å². The Kier molecular flexibility index (Phi) is 4.22. The van der Waals surface area contributed by atoms with E-state index in [2.05, 4.69) is 4.90 Å². The van der Waals surface area contributed by atoms with E-state index in [-0.39, 0.29) is 16.3 Å². The summed E-state index contributed by atoms with van der Waals surface area (Å²) in [5.74, 6) is 0.248. The van der Waals surface area contributed by atoms with Crippen LogP contribution in [0.5, 0.6) is 5.75 Å². The molecule has 1 saturated heterocycles. The van der Waals surface area contributed by atoms with Gasteiger partial charge >= 0.3 is 0 Å². The molecule has 7 heteroatoms. The summed E-state index contributed by atoms with van der Waals surface area (Å²) in [7, 11) is 0.0574. The second-order valence-electron chi connectivity index (χ2n) is 5.42. The molecule has 112 valence electrons. The third-order valence-corrected chi connectivity index (χ3v) is 5.53. The molecular formula is C13H21N3O3S. The third-order valence-electron chi connectivity index (χ3n) is 3.71. The molecule has 1 fully saturated rings. The Hall–Kier alpha value is -1.31. The molecule has 6 nitrogen and oxygen atoms in total. The number of sulfonamides is 1. The minimum absolute atomic E-state index is 0.0695. The van der Waals surface area contributed by atoms with Crippen LogP contribution in [0.1, 0.15) is 6.42 Å². The standard InChI is InChI=1S/C13H21N3O3S/c1-15-6-5-10(8-15)9-16(2)20(18,19)11-3-4-13(17)12(14)7-11/h3-4,7,10,17H,5-6,8-9,14H2,1-2H3. The van der Waals surface area contributed by atoms with Crippen LogP contribution < -0.4 is 5.73 Å². The van der Waals surface area contributed by atoms with E-state index < -0.39 is 10.0 Å². The van der Waals surface area contributed by atoms with Gasteiger partial charge in [-0.25, -0.2) is 12.7 Å². The number of phenols is 1. The lowest BCUT2D eigenvalue weighted by atomic mass is 10.1. The van der Waals surface area contributed by atoms with Gasteiger partial charge in [0.25, 0.3) is 0 Å². The highest BCUT2D eigenvalue weighted by Crippen LogP contribution is 2.26. The topological polar surface area (TPSA) is 86.9 Å². The molecule has 3 N–H and O–H groups in total. The number of benzene rings is 1. The SMILES string of the molecule is CN1CCC(CN(C)S(=O)(=O)c2ccc(O)c(N)c2)C1. The Morgan fingerprint density at radius 2 is 2.20 bits per heavy atom. The molecule has 0 aromatic heterocycles. The summed E-state index contributed by atoms with van der Waals surface area (Å²) in [6, 6.07) is 3.97. The molecule has 0 saturated carbocycles. The van der Waals surface area contributed by atoms with Crippen LogP contribution in [0.4, 0.5) is 5.69 Å². The maximum absolute atomic E-state index is 12.4. The van der Waals surface area contributed by atoms with E-state index in [0.717, 1.165) is 19.5 Å². The van der Waals surface area contributed by atoms with Gasteiger partial charge in [-0.05, 0) is 44.1 Å². The molecule has 0 amide bonds. The Morgan fingerprint density at radius 1 is 1.50 bits per heavy atom. The minimum atomic E-state index is -3.56. The zero-order chi connectivity index (χ0) is 14.9. The van der Waals surface area contributed by atoms with Crippen LogP contribution >= 0.6 is 0 Å². The average Bonchev–Trinajstić information content (AvgIpc) is 2.78. The van der Waals surface area contributed by atoms with E-state index in [1.54, 1.807) is 7.05 Å². The molecule has 1 aromatic rings. The van der Waals surface area contributed by atoms with Gasteiger partial charge in [0.05, 0.1) is 10.6 Å². The normalized spacial score (nSPS) is 20.6. The van der Waals surface area contributed by atoms with Crippen LogP contribution in [-0.4, -0.2) is 56.5 Å². The van der Waals surface area contributed by atoms with Crippen molar-refractivity contribution >= 4 is 15.7 Å². The molecule has 0 bridgehead atoms. The van der Waals surface area contributed by atoms with Crippen molar-refractivity contribution in [1.29, 1.82) is 0 Å². The zero-order valence-electron chi connectivity index (χ0n) is 11.8. The van der Waals surface area contributed by atoms with Gasteiger partial charge in [-0.3, -0.25) is 0 Å². The van der Waals surface area contributed by atoms with Crippen molar-refractivity contribution in [1.82, 2.24) is 9.21 Å². The number of nitrogens with zero attached hydrogens (tertiary/aromatic N) is 2. The third kappa shape index (κ3) is 3.05. The number of likely N-dealkylation sites (tertiary alicyclic amines) is 1. The molecule has 1 aliphatic heterocycles. The molecule has 1 aromatic carbocycles. The fourth-order valence-corrected chi connectivity index (χ4v) is 3.79. The number of rotatable bonds is 4. The van der Waals surface area contributed by atoms with Gasteiger partial charge in [0.2, 0.25) is 10.0 Å². The molecule has 1 heterocycles. The molecule has 1 atom stereocenters. The molecular weight excluding hydrogens is 278 g/mol. The Balaban J connectivity index is 2.14. The highest BCUT2D eigenvalue weighted by Gasteiger charge is 2.27. The summed E-state index contributed by atoms with van der Waals surface area (Å²) in [4.78, 5) is 2.31. The van der Waals surface area contributed by atoms with Crippen LogP contribution in [0.25, 0.3) is 0 Å². The monoisotopic (exact) mass is 299 g/mol. The molecule has 1 unspecified atom stereocenters. The summed E-state index contributed by atoms with van der Waals surface area (Å²) in [6.45, 7) is 2.41. The number of nitrogens with two attached hydrogens (primary N) is 1. The van der Waals surface area contributed by atoms with Gasteiger partial charge < -0.3 is 15.7 Å². The smallest absolute Gasteiger partial charge is 0.242 e. The highest BCUT2D eigenvalue weighted by molar-refractivity contribution is 7.89. The average molecular weight is 299 g/mol. The lowest BCUT2D eigenvalue weighted by molar-refractivity contribution is 0.356. The lowest BCUT2D eigenvalue weighted by Crippen LogP contribution is -2.32. The van der Waals surface area contributed by atoms with Crippen LogP contribution in [-0.2, 0) is 10.0 Å². The van der Waals surface area contributed by atoms with Gasteiger partial charge in [-0.15, -0.1) is 0 Å². The minimum Gasteiger partial charge on any atom is -0.506 e. The highest BCUT2D eigenvalue weighted by atomic mass is 32.2. The summed E-state index contributed by atoms with van der Waals surface area (Å²) < 4.78 is 26.2. The fourth-order valence-electron chi connectivity index (χ4n) is 2.51. The number of anilines is 1. The second-order valence-corrected chi connectivity index (χ2v) is 7.47. The van der Waals surface area contributed by atoms with Crippen molar-refractivity contribution in [3.63, 3.8) is 0 Å². The molecule has 20 heavy (non-hydrogen) atoms. The molecule has 2 rings (SSSR count). The van der Waals surface area contributed by atoms with E-state index in [0.29, 0.717) is 12.5 Å². The van der Waals surface area contributed by atoms with Gasteiger partial charge in [0, 0.05) is 20.1 Å².